The van der Waals surface area contributed by atoms with Gasteiger partial charge >= 0.3 is 0 Å². The second-order valence-corrected chi connectivity index (χ2v) is 4.75. The van der Waals surface area contributed by atoms with E-state index in [4.69, 9.17) is 0 Å². The Labute approximate surface area is 116 Å². The predicted octanol–water partition coefficient (Wildman–Crippen LogP) is 3.08. The van der Waals surface area contributed by atoms with E-state index >= 15 is 0 Å². The van der Waals surface area contributed by atoms with Crippen LogP contribution in [-0.4, -0.2) is 36.8 Å². The number of hydrogen-bond acceptors (Lipinski definition) is 1. The van der Waals surface area contributed by atoms with Crippen molar-refractivity contribution in [1.29, 1.82) is 0 Å². The first kappa shape index (κ1) is 15.7. The van der Waals surface area contributed by atoms with Gasteiger partial charge in [0.05, 0.1) is 0 Å². The summed E-state index contributed by atoms with van der Waals surface area (Å²) in [6.45, 7) is 0. The lowest BCUT2D eigenvalue weighted by Crippen LogP contribution is -2.56. The van der Waals surface area contributed by atoms with Crippen molar-refractivity contribution in [3.05, 3.63) is 30.1 Å². The molecule has 2 rings (SSSR count). The molecule has 2 unspecified atom stereocenters. The van der Waals surface area contributed by atoms with Crippen molar-refractivity contribution < 1.29 is 31.1 Å². The molecule has 0 aliphatic heterocycles. The molecule has 1 aliphatic carbocycles. The van der Waals surface area contributed by atoms with Crippen molar-refractivity contribution in [3.63, 3.8) is 0 Å². The number of halogens is 6. The lowest BCUT2D eigenvalue weighted by atomic mass is 9.81. The van der Waals surface area contributed by atoms with Gasteiger partial charge in [0.15, 0.2) is 18.5 Å². The van der Waals surface area contributed by atoms with Crippen molar-refractivity contribution in [3.8, 4) is 0 Å². The first-order chi connectivity index (χ1) is 9.82. The Bertz CT molecular complexity index is 511. The van der Waals surface area contributed by atoms with Gasteiger partial charge < -0.3 is 5.32 Å². The second-order valence-electron chi connectivity index (χ2n) is 4.75. The summed E-state index contributed by atoms with van der Waals surface area (Å²) in [6.07, 6.45) is -14.5. The predicted molar refractivity (Wildman–Crippen MR) is 63.0 cm³/mol. The van der Waals surface area contributed by atoms with Crippen molar-refractivity contribution in [2.45, 2.75) is 30.9 Å². The quantitative estimate of drug-likeness (QED) is 0.836. The maximum absolute atomic E-state index is 13.6. The highest BCUT2D eigenvalue weighted by Gasteiger charge is 2.56. The monoisotopic (exact) mass is 311 g/mol. The fourth-order valence-corrected chi connectivity index (χ4v) is 2.18. The number of rotatable bonds is 2. The minimum atomic E-state index is -2.96. The summed E-state index contributed by atoms with van der Waals surface area (Å²) in [7, 11) is 0. The number of carbonyl (C=O) groups is 1. The molecule has 0 aromatic heterocycles. The molecule has 116 valence electrons. The Morgan fingerprint density at radius 2 is 1.43 bits per heavy atom. The van der Waals surface area contributed by atoms with Gasteiger partial charge in [-0.2, -0.15) is 0 Å². The Kier molecular flexibility index (Phi) is 4.43. The topological polar surface area (TPSA) is 29.1 Å². The SMILES string of the molecule is O=C(Nc1cccc(F)c1)C1[C@H](F)[C@H](F)C(F)[C@H](F)[C@H]1F. The number of benzene rings is 1. The van der Waals surface area contributed by atoms with Crippen LogP contribution in [0.25, 0.3) is 0 Å². The second kappa shape index (κ2) is 5.95. The van der Waals surface area contributed by atoms with E-state index in [2.05, 4.69) is 0 Å². The molecule has 0 radical (unpaired) electrons. The van der Waals surface area contributed by atoms with Gasteiger partial charge in [0, 0.05) is 5.69 Å². The van der Waals surface area contributed by atoms with Crippen molar-refractivity contribution in [2.24, 2.45) is 5.92 Å². The van der Waals surface area contributed by atoms with E-state index in [0.717, 1.165) is 12.1 Å². The van der Waals surface area contributed by atoms with E-state index in [0.29, 0.717) is 0 Å². The average molecular weight is 311 g/mol. The third kappa shape index (κ3) is 2.98. The minimum Gasteiger partial charge on any atom is -0.326 e. The maximum Gasteiger partial charge on any atom is 0.233 e. The molecule has 2 nitrogen and oxygen atoms in total. The van der Waals surface area contributed by atoms with Crippen molar-refractivity contribution in [2.75, 3.05) is 5.32 Å². The molecule has 0 heterocycles. The Hall–Kier alpha value is -1.73. The van der Waals surface area contributed by atoms with Crippen LogP contribution in [0.1, 0.15) is 0 Å². The molecule has 1 N–H and O–H groups in total. The molecule has 1 aromatic carbocycles. The highest BCUT2D eigenvalue weighted by molar-refractivity contribution is 5.93. The summed E-state index contributed by atoms with van der Waals surface area (Å²) in [6, 6.07) is 4.37. The van der Waals surface area contributed by atoms with Gasteiger partial charge in [0.2, 0.25) is 5.91 Å². The van der Waals surface area contributed by atoms with Gasteiger partial charge in [0.1, 0.15) is 24.1 Å². The maximum atomic E-state index is 13.6. The fourth-order valence-electron chi connectivity index (χ4n) is 2.18. The third-order valence-corrected chi connectivity index (χ3v) is 3.30. The van der Waals surface area contributed by atoms with Crippen LogP contribution in [0.4, 0.5) is 32.0 Å². The van der Waals surface area contributed by atoms with Gasteiger partial charge in [0.25, 0.3) is 0 Å². The van der Waals surface area contributed by atoms with Crippen LogP contribution < -0.4 is 5.32 Å². The average Bonchev–Trinajstić information content (AvgIpc) is 2.43. The van der Waals surface area contributed by atoms with Gasteiger partial charge in [-0.05, 0) is 18.2 Å². The van der Waals surface area contributed by atoms with E-state index in [1.54, 1.807) is 0 Å². The van der Waals surface area contributed by atoms with E-state index in [1.165, 1.54) is 12.1 Å². The molecule has 0 bridgehead atoms. The molecule has 1 amide bonds. The van der Waals surface area contributed by atoms with Crippen LogP contribution in [0.3, 0.4) is 0 Å². The van der Waals surface area contributed by atoms with Gasteiger partial charge in [-0.15, -0.1) is 0 Å². The van der Waals surface area contributed by atoms with Crippen LogP contribution >= 0.6 is 0 Å². The lowest BCUT2D eigenvalue weighted by molar-refractivity contribution is -0.138. The first-order valence-corrected chi connectivity index (χ1v) is 6.09. The molecule has 21 heavy (non-hydrogen) atoms. The Balaban J connectivity index is 2.17. The summed E-state index contributed by atoms with van der Waals surface area (Å²) in [5.41, 5.74) is -0.132. The third-order valence-electron chi connectivity index (χ3n) is 3.30. The number of carbonyl (C=O) groups excluding carboxylic acids is 1. The van der Waals surface area contributed by atoms with E-state index in [-0.39, 0.29) is 5.69 Å². The van der Waals surface area contributed by atoms with Gasteiger partial charge in [-0.1, -0.05) is 6.07 Å². The van der Waals surface area contributed by atoms with Crippen LogP contribution in [0.15, 0.2) is 24.3 Å². The highest BCUT2D eigenvalue weighted by atomic mass is 19.2. The molecule has 6 atom stereocenters. The van der Waals surface area contributed by atoms with Crippen molar-refractivity contribution >= 4 is 11.6 Å². The van der Waals surface area contributed by atoms with E-state index < -0.39 is 48.5 Å². The molecule has 1 fully saturated rings. The van der Waals surface area contributed by atoms with Crippen LogP contribution in [0.5, 0.6) is 0 Å². The minimum absolute atomic E-state index is 0.132. The summed E-state index contributed by atoms with van der Waals surface area (Å²) in [5.74, 6) is -4.44. The molecule has 0 spiro atoms. The highest BCUT2D eigenvalue weighted by Crippen LogP contribution is 2.36. The number of alkyl halides is 5. The number of anilines is 1. The molecule has 8 heteroatoms. The molecule has 1 saturated carbocycles. The number of amides is 1. The fraction of sp³-hybridized carbons (Fsp3) is 0.462. The smallest absolute Gasteiger partial charge is 0.233 e. The summed E-state index contributed by atoms with van der Waals surface area (Å²) in [5, 5.41) is 1.95. The van der Waals surface area contributed by atoms with Crippen LogP contribution in [0.2, 0.25) is 0 Å². The van der Waals surface area contributed by atoms with Crippen molar-refractivity contribution in [1.82, 2.24) is 0 Å². The molecule has 1 aliphatic rings. The normalized spacial score (nSPS) is 36.3. The van der Waals surface area contributed by atoms with Gasteiger partial charge in [-0.3, -0.25) is 4.79 Å². The summed E-state index contributed by atoms with van der Waals surface area (Å²) >= 11 is 0. The van der Waals surface area contributed by atoms with Crippen LogP contribution in [0, 0.1) is 11.7 Å². The Morgan fingerprint density at radius 1 is 0.905 bits per heavy atom. The first-order valence-electron chi connectivity index (χ1n) is 6.09. The van der Waals surface area contributed by atoms with E-state index in [1.807, 2.05) is 5.32 Å². The summed E-state index contributed by atoms with van der Waals surface area (Å²) in [4.78, 5) is 11.7. The zero-order chi connectivity index (χ0) is 15.7. The lowest BCUT2D eigenvalue weighted by Gasteiger charge is -2.35. The summed E-state index contributed by atoms with van der Waals surface area (Å²) < 4.78 is 79.5. The molecular weight excluding hydrogens is 300 g/mol. The zero-order valence-electron chi connectivity index (χ0n) is 10.4. The molecule has 0 saturated heterocycles. The van der Waals surface area contributed by atoms with Crippen LogP contribution in [-0.2, 0) is 4.79 Å². The molecular formula is C13H11F6NO. The molecule has 1 aromatic rings. The zero-order valence-corrected chi connectivity index (χ0v) is 10.4. The number of hydrogen-bond donors (Lipinski definition) is 1. The number of nitrogens with one attached hydrogen (secondary N) is 1. The van der Waals surface area contributed by atoms with Gasteiger partial charge in [-0.25, -0.2) is 26.3 Å². The van der Waals surface area contributed by atoms with E-state index in [9.17, 15) is 31.1 Å². The standard InChI is InChI=1S/C13H11F6NO/c14-5-2-1-3-6(4-5)20-13(21)7-8(15)10(17)12(19)11(18)9(7)16/h1-4,7-12H,(H,20,21)/t7?,8-,9-,10-,11+,12?/m0/s1. The Morgan fingerprint density at radius 3 is 1.95 bits per heavy atom. The largest absolute Gasteiger partial charge is 0.326 e.